The van der Waals surface area contributed by atoms with E-state index < -0.39 is 24.9 Å². The minimum absolute atomic E-state index is 0.166. The van der Waals surface area contributed by atoms with Gasteiger partial charge in [-0.1, -0.05) is 24.3 Å². The summed E-state index contributed by atoms with van der Waals surface area (Å²) in [4.78, 5) is 10.6. The summed E-state index contributed by atoms with van der Waals surface area (Å²) in [7, 11) is 0. The summed E-state index contributed by atoms with van der Waals surface area (Å²) in [5.41, 5.74) is 0.148. The molecule has 1 rings (SSSR count). The van der Waals surface area contributed by atoms with Crippen molar-refractivity contribution in [2.75, 3.05) is 6.61 Å². The van der Waals surface area contributed by atoms with Crippen molar-refractivity contribution in [1.82, 2.24) is 0 Å². The van der Waals surface area contributed by atoms with Gasteiger partial charge in [0.2, 0.25) is 0 Å². The lowest BCUT2D eigenvalue weighted by Crippen LogP contribution is -2.15. The quantitative estimate of drug-likeness (QED) is 0.806. The fraction of sp³-hybridized carbons (Fsp3) is 0.300. The summed E-state index contributed by atoms with van der Waals surface area (Å²) < 4.78 is 24.3. The molecule has 2 N–H and O–H groups in total. The average Bonchev–Trinajstić information content (AvgIpc) is 2.19. The number of aliphatic hydroxyl groups is 1. The fourth-order valence-electron chi connectivity index (χ4n) is 1.20. The van der Waals surface area contributed by atoms with Gasteiger partial charge >= 0.3 is 5.97 Å². The molecule has 0 aliphatic carbocycles. The van der Waals surface area contributed by atoms with E-state index in [1.165, 1.54) is 12.1 Å². The molecule has 1 aromatic rings. The molecule has 0 fully saturated rings. The molecular formula is C10H10F2O3. The SMILES string of the molecule is O=C(O)C(CO)c1ccc(C(F)F)cc1. The molecule has 1 aromatic carbocycles. The first kappa shape index (κ1) is 11.6. The van der Waals surface area contributed by atoms with Crippen molar-refractivity contribution in [1.29, 1.82) is 0 Å². The van der Waals surface area contributed by atoms with Crippen molar-refractivity contribution < 1.29 is 23.8 Å². The van der Waals surface area contributed by atoms with E-state index in [-0.39, 0.29) is 5.56 Å². The van der Waals surface area contributed by atoms with Crippen molar-refractivity contribution in [3.63, 3.8) is 0 Å². The van der Waals surface area contributed by atoms with Crippen LogP contribution in [-0.4, -0.2) is 22.8 Å². The second kappa shape index (κ2) is 4.84. The number of carbonyl (C=O) groups is 1. The Morgan fingerprint density at radius 3 is 2.00 bits per heavy atom. The molecule has 0 heterocycles. The van der Waals surface area contributed by atoms with Crippen molar-refractivity contribution in [2.45, 2.75) is 12.3 Å². The molecule has 1 atom stereocenters. The molecule has 0 spiro atoms. The van der Waals surface area contributed by atoms with Crippen LogP contribution in [0.1, 0.15) is 23.5 Å². The Morgan fingerprint density at radius 1 is 1.20 bits per heavy atom. The zero-order valence-corrected chi connectivity index (χ0v) is 7.73. The van der Waals surface area contributed by atoms with Crippen LogP contribution >= 0.6 is 0 Å². The molecule has 1 unspecified atom stereocenters. The first-order valence-corrected chi connectivity index (χ1v) is 4.28. The highest BCUT2D eigenvalue weighted by Gasteiger charge is 2.18. The smallest absolute Gasteiger partial charge is 0.313 e. The van der Waals surface area contributed by atoms with E-state index in [0.717, 1.165) is 12.1 Å². The minimum atomic E-state index is -2.57. The second-order valence-electron chi connectivity index (χ2n) is 3.04. The first-order valence-electron chi connectivity index (χ1n) is 4.28. The lowest BCUT2D eigenvalue weighted by Gasteiger charge is -2.09. The highest BCUT2D eigenvalue weighted by Crippen LogP contribution is 2.22. The largest absolute Gasteiger partial charge is 0.481 e. The summed E-state index contributed by atoms with van der Waals surface area (Å²) >= 11 is 0. The van der Waals surface area contributed by atoms with Crippen LogP contribution in [0.5, 0.6) is 0 Å². The van der Waals surface area contributed by atoms with E-state index in [4.69, 9.17) is 10.2 Å². The van der Waals surface area contributed by atoms with Gasteiger partial charge in [-0.15, -0.1) is 0 Å². The fourth-order valence-corrected chi connectivity index (χ4v) is 1.20. The van der Waals surface area contributed by atoms with E-state index >= 15 is 0 Å². The van der Waals surface area contributed by atoms with Crippen LogP contribution in [-0.2, 0) is 4.79 Å². The number of aliphatic carboxylic acids is 1. The summed E-state index contributed by atoms with van der Waals surface area (Å²) in [5, 5.41) is 17.5. The van der Waals surface area contributed by atoms with Gasteiger partial charge in [0.25, 0.3) is 6.43 Å². The maximum atomic E-state index is 12.2. The monoisotopic (exact) mass is 216 g/mol. The molecule has 0 amide bonds. The van der Waals surface area contributed by atoms with Gasteiger partial charge in [-0.2, -0.15) is 0 Å². The Morgan fingerprint density at radius 2 is 1.67 bits per heavy atom. The molecule has 0 bridgehead atoms. The summed E-state index contributed by atoms with van der Waals surface area (Å²) in [6, 6.07) is 4.89. The maximum absolute atomic E-state index is 12.2. The topological polar surface area (TPSA) is 57.5 Å². The van der Waals surface area contributed by atoms with Gasteiger partial charge < -0.3 is 10.2 Å². The van der Waals surface area contributed by atoms with Gasteiger partial charge in [-0.3, -0.25) is 4.79 Å². The molecule has 0 aliphatic rings. The Kier molecular flexibility index (Phi) is 3.74. The van der Waals surface area contributed by atoms with Crippen LogP contribution < -0.4 is 0 Å². The Hall–Kier alpha value is -1.49. The zero-order valence-electron chi connectivity index (χ0n) is 7.73. The van der Waals surface area contributed by atoms with Gasteiger partial charge in [-0.05, 0) is 5.56 Å². The van der Waals surface area contributed by atoms with Gasteiger partial charge in [-0.25, -0.2) is 8.78 Å². The third-order valence-corrected chi connectivity index (χ3v) is 2.07. The van der Waals surface area contributed by atoms with Crippen LogP contribution in [0.2, 0.25) is 0 Å². The number of alkyl halides is 2. The van der Waals surface area contributed by atoms with Gasteiger partial charge in [0.05, 0.1) is 6.61 Å². The van der Waals surface area contributed by atoms with Crippen molar-refractivity contribution in [2.24, 2.45) is 0 Å². The van der Waals surface area contributed by atoms with Crippen LogP contribution in [0.25, 0.3) is 0 Å². The number of hydrogen-bond acceptors (Lipinski definition) is 2. The number of aliphatic hydroxyl groups excluding tert-OH is 1. The minimum Gasteiger partial charge on any atom is -0.481 e. The third kappa shape index (κ3) is 2.73. The zero-order chi connectivity index (χ0) is 11.4. The van der Waals surface area contributed by atoms with Gasteiger partial charge in [0, 0.05) is 5.56 Å². The van der Waals surface area contributed by atoms with E-state index in [1.54, 1.807) is 0 Å². The number of carboxylic acids is 1. The van der Waals surface area contributed by atoms with Crippen molar-refractivity contribution in [3.05, 3.63) is 35.4 Å². The number of benzene rings is 1. The van der Waals surface area contributed by atoms with E-state index in [9.17, 15) is 13.6 Å². The summed E-state index contributed by atoms with van der Waals surface area (Å²) in [6.07, 6.45) is -2.57. The second-order valence-corrected chi connectivity index (χ2v) is 3.04. The van der Waals surface area contributed by atoms with Gasteiger partial charge in [0.1, 0.15) is 5.92 Å². The van der Waals surface area contributed by atoms with Crippen molar-refractivity contribution in [3.8, 4) is 0 Å². The molecule has 0 saturated carbocycles. The predicted molar refractivity (Wildman–Crippen MR) is 48.9 cm³/mol. The number of halogens is 2. The van der Waals surface area contributed by atoms with Crippen molar-refractivity contribution >= 4 is 5.97 Å². The highest BCUT2D eigenvalue weighted by atomic mass is 19.3. The Bertz CT molecular complexity index is 335. The number of carboxylic acid groups (broad SMARTS) is 1. The molecular weight excluding hydrogens is 206 g/mol. The van der Waals surface area contributed by atoms with Crippen LogP contribution in [0.4, 0.5) is 8.78 Å². The Balaban J connectivity index is 2.92. The van der Waals surface area contributed by atoms with Crippen LogP contribution in [0, 0.1) is 0 Å². The molecule has 82 valence electrons. The summed E-state index contributed by atoms with van der Waals surface area (Å²) in [6.45, 7) is -0.552. The normalized spacial score (nSPS) is 12.8. The first-order chi connectivity index (χ1) is 7.06. The lowest BCUT2D eigenvalue weighted by atomic mass is 9.99. The van der Waals surface area contributed by atoms with E-state index in [0.29, 0.717) is 5.56 Å². The van der Waals surface area contributed by atoms with E-state index in [2.05, 4.69) is 0 Å². The molecule has 0 radical (unpaired) electrons. The Labute approximate surface area is 85.0 Å². The predicted octanol–water partition coefficient (Wildman–Crippen LogP) is 1.78. The third-order valence-electron chi connectivity index (χ3n) is 2.07. The summed E-state index contributed by atoms with van der Waals surface area (Å²) in [5.74, 6) is -2.24. The van der Waals surface area contributed by atoms with Crippen LogP contribution in [0.3, 0.4) is 0 Å². The van der Waals surface area contributed by atoms with Crippen LogP contribution in [0.15, 0.2) is 24.3 Å². The van der Waals surface area contributed by atoms with Gasteiger partial charge in [0.15, 0.2) is 0 Å². The standard InChI is InChI=1S/C10H10F2O3/c11-9(12)7-3-1-6(2-4-7)8(5-13)10(14)15/h1-4,8-9,13H,5H2,(H,14,15). The maximum Gasteiger partial charge on any atom is 0.313 e. The lowest BCUT2D eigenvalue weighted by molar-refractivity contribution is -0.139. The van der Waals surface area contributed by atoms with E-state index in [1.807, 2.05) is 0 Å². The number of rotatable bonds is 4. The molecule has 0 aliphatic heterocycles. The number of hydrogen-bond donors (Lipinski definition) is 2. The molecule has 3 nitrogen and oxygen atoms in total. The molecule has 0 aromatic heterocycles. The highest BCUT2D eigenvalue weighted by molar-refractivity contribution is 5.76. The molecule has 15 heavy (non-hydrogen) atoms. The molecule has 5 heteroatoms. The average molecular weight is 216 g/mol. The molecule has 0 saturated heterocycles.